The van der Waals surface area contributed by atoms with Crippen LogP contribution in [0.2, 0.25) is 0 Å². The number of aryl methyl sites for hydroxylation is 2. The Morgan fingerprint density at radius 3 is 1.21 bits per heavy atom. The van der Waals surface area contributed by atoms with Gasteiger partial charge in [-0.05, 0) is 25.0 Å². The molecule has 6 rings (SSSR count). The number of benzene rings is 4. The van der Waals surface area contributed by atoms with Crippen LogP contribution in [0.3, 0.4) is 0 Å². The first-order valence-electron chi connectivity index (χ1n) is 12.5. The molecule has 0 aromatic heterocycles. The number of rotatable bonds is 2. The van der Waals surface area contributed by atoms with Gasteiger partial charge in [0.25, 0.3) is 0 Å². The van der Waals surface area contributed by atoms with Gasteiger partial charge in [0.05, 0.1) is 0 Å². The van der Waals surface area contributed by atoms with Crippen LogP contribution in [0, 0.1) is 13.8 Å². The minimum atomic E-state index is 0. The Kier molecular flexibility index (Phi) is 14.5. The SMILES string of the molecule is C=C(C)C.Cc1cc2c(-c3ccccc3)cccc2[cH-]1.Cc1cc2c(-c3ccccc3)cccc2[cH-]1.[Cl-].[Cl-].[Zr+4]. The fourth-order valence-corrected chi connectivity index (χ4v) is 4.51. The van der Waals surface area contributed by atoms with Crippen molar-refractivity contribution in [2.75, 3.05) is 0 Å². The Balaban J connectivity index is 0.000000322. The van der Waals surface area contributed by atoms with Gasteiger partial charge >= 0.3 is 26.2 Å². The van der Waals surface area contributed by atoms with Gasteiger partial charge in [-0.15, -0.1) is 75.6 Å². The zero-order valence-corrected chi connectivity index (χ0v) is 27.0. The molecule has 3 heteroatoms. The molecule has 0 spiro atoms. The summed E-state index contributed by atoms with van der Waals surface area (Å²) in [6, 6.07) is 43.1. The first-order chi connectivity index (χ1) is 17.4. The molecule has 0 N–H and O–H groups in total. The van der Waals surface area contributed by atoms with Crippen LogP contribution < -0.4 is 24.8 Å². The summed E-state index contributed by atoms with van der Waals surface area (Å²) >= 11 is 0. The minimum absolute atomic E-state index is 0. The fourth-order valence-electron chi connectivity index (χ4n) is 4.51. The minimum Gasteiger partial charge on any atom is -1.00 e. The van der Waals surface area contributed by atoms with E-state index in [0.717, 1.165) is 0 Å². The second kappa shape index (κ2) is 16.4. The Morgan fingerprint density at radius 2 is 0.872 bits per heavy atom. The number of halogens is 2. The topological polar surface area (TPSA) is 0 Å². The van der Waals surface area contributed by atoms with E-state index in [2.05, 4.69) is 142 Å². The summed E-state index contributed by atoms with van der Waals surface area (Å²) in [7, 11) is 0. The van der Waals surface area contributed by atoms with E-state index in [1.54, 1.807) is 0 Å². The Morgan fingerprint density at radius 1 is 0.538 bits per heavy atom. The van der Waals surface area contributed by atoms with Crippen LogP contribution in [0.4, 0.5) is 0 Å². The molecule has 0 saturated carbocycles. The van der Waals surface area contributed by atoms with Crippen molar-refractivity contribution in [1.29, 1.82) is 0 Å². The predicted molar refractivity (Wildman–Crippen MR) is 160 cm³/mol. The summed E-state index contributed by atoms with van der Waals surface area (Å²) in [5.41, 5.74) is 9.06. The molecule has 0 fully saturated rings. The van der Waals surface area contributed by atoms with E-state index in [1.807, 2.05) is 13.8 Å². The number of allylic oxidation sites excluding steroid dienone is 1. The molecule has 0 saturated heterocycles. The third kappa shape index (κ3) is 9.18. The summed E-state index contributed by atoms with van der Waals surface area (Å²) in [4.78, 5) is 0. The summed E-state index contributed by atoms with van der Waals surface area (Å²) in [5, 5.41) is 5.37. The second-order valence-corrected chi connectivity index (χ2v) is 9.62. The first-order valence-corrected chi connectivity index (χ1v) is 12.5. The molecule has 6 aromatic rings. The summed E-state index contributed by atoms with van der Waals surface area (Å²) in [6.45, 7) is 11.8. The van der Waals surface area contributed by atoms with Gasteiger partial charge in [-0.25, -0.2) is 0 Å². The van der Waals surface area contributed by atoms with Gasteiger partial charge in [-0.3, -0.25) is 0 Å². The van der Waals surface area contributed by atoms with E-state index < -0.39 is 0 Å². The summed E-state index contributed by atoms with van der Waals surface area (Å²) in [5.74, 6) is 0. The van der Waals surface area contributed by atoms with Crippen molar-refractivity contribution in [2.45, 2.75) is 27.7 Å². The molecule has 0 heterocycles. The van der Waals surface area contributed by atoms with Crippen molar-refractivity contribution in [2.24, 2.45) is 0 Å². The molecule has 0 aliphatic heterocycles. The van der Waals surface area contributed by atoms with Crippen molar-refractivity contribution in [3.05, 3.63) is 145 Å². The van der Waals surface area contributed by atoms with Crippen LogP contribution in [-0.2, 0) is 26.2 Å². The molecule has 0 nitrogen and oxygen atoms in total. The standard InChI is InChI=1S/2C16H13.C4H8.2ClH.Zr/c2*1-12-10-14-8-5-9-15(16(14)11-12)13-6-3-2-4-7-13;1-4(2)3;;;/h2*2-11H,1H3;1H2,2-3H3;2*1H;/q2*-1;;;;+4/p-2. The average molecular weight is 629 g/mol. The Hall–Kier alpha value is -2.70. The third-order valence-corrected chi connectivity index (χ3v) is 5.96. The maximum Gasteiger partial charge on any atom is 4.00 e. The Labute approximate surface area is 265 Å². The van der Waals surface area contributed by atoms with Crippen LogP contribution in [0.25, 0.3) is 43.8 Å². The summed E-state index contributed by atoms with van der Waals surface area (Å²) in [6.07, 6.45) is 0. The fraction of sp³-hybridized carbons (Fsp3) is 0.111. The molecular formula is C36H34Cl2Zr. The van der Waals surface area contributed by atoms with Crippen LogP contribution in [0.1, 0.15) is 25.0 Å². The monoisotopic (exact) mass is 626 g/mol. The van der Waals surface area contributed by atoms with Crippen molar-refractivity contribution in [3.8, 4) is 22.3 Å². The van der Waals surface area contributed by atoms with E-state index in [1.165, 1.54) is 60.5 Å². The van der Waals surface area contributed by atoms with E-state index >= 15 is 0 Å². The van der Waals surface area contributed by atoms with E-state index in [4.69, 9.17) is 0 Å². The third-order valence-electron chi connectivity index (χ3n) is 5.96. The maximum absolute atomic E-state index is 3.56. The predicted octanol–water partition coefficient (Wildman–Crippen LogP) is 4.66. The van der Waals surface area contributed by atoms with Crippen molar-refractivity contribution >= 4 is 21.5 Å². The quantitative estimate of drug-likeness (QED) is 0.194. The van der Waals surface area contributed by atoms with Gasteiger partial charge in [-0.1, -0.05) is 103 Å². The van der Waals surface area contributed by atoms with Gasteiger partial charge in [0.15, 0.2) is 0 Å². The normalized spacial score (nSPS) is 9.54. The molecule has 39 heavy (non-hydrogen) atoms. The van der Waals surface area contributed by atoms with E-state index in [0.29, 0.717) is 0 Å². The molecule has 0 bridgehead atoms. The molecular weight excluding hydrogens is 595 g/mol. The van der Waals surface area contributed by atoms with E-state index in [9.17, 15) is 0 Å². The summed E-state index contributed by atoms with van der Waals surface area (Å²) < 4.78 is 0. The molecule has 6 aromatic carbocycles. The van der Waals surface area contributed by atoms with Crippen molar-refractivity contribution in [1.82, 2.24) is 0 Å². The molecule has 0 amide bonds. The molecule has 196 valence electrons. The van der Waals surface area contributed by atoms with Crippen molar-refractivity contribution in [3.63, 3.8) is 0 Å². The molecule has 0 atom stereocenters. The number of hydrogen-bond acceptors (Lipinski definition) is 0. The second-order valence-electron chi connectivity index (χ2n) is 9.62. The van der Waals surface area contributed by atoms with Gasteiger partial charge in [0.1, 0.15) is 0 Å². The zero-order chi connectivity index (χ0) is 25.5. The molecule has 0 unspecified atom stereocenters. The van der Waals surface area contributed by atoms with E-state index in [-0.39, 0.29) is 51.0 Å². The molecule has 0 aliphatic carbocycles. The van der Waals surface area contributed by atoms with Crippen LogP contribution in [0.15, 0.2) is 133 Å². The number of fused-ring (bicyclic) bond motifs is 2. The first kappa shape index (κ1) is 34.3. The maximum atomic E-state index is 3.56. The Bertz CT molecular complexity index is 1460. The van der Waals surface area contributed by atoms with Crippen LogP contribution in [-0.4, -0.2) is 0 Å². The van der Waals surface area contributed by atoms with Gasteiger partial charge in [0.2, 0.25) is 0 Å². The van der Waals surface area contributed by atoms with Gasteiger partial charge in [0, 0.05) is 0 Å². The van der Waals surface area contributed by atoms with Gasteiger partial charge in [-0.2, -0.15) is 12.1 Å². The van der Waals surface area contributed by atoms with Gasteiger partial charge < -0.3 is 24.8 Å². The van der Waals surface area contributed by atoms with Crippen LogP contribution >= 0.6 is 0 Å². The van der Waals surface area contributed by atoms with Crippen molar-refractivity contribution < 1.29 is 51.0 Å². The molecule has 0 radical (unpaired) electrons. The zero-order valence-electron chi connectivity index (χ0n) is 23.0. The largest absolute Gasteiger partial charge is 4.00 e. The molecule has 0 aliphatic rings. The average Bonchev–Trinajstić information content (AvgIpc) is 3.45. The number of hydrogen-bond donors (Lipinski definition) is 0. The smallest absolute Gasteiger partial charge is 1.00 e. The van der Waals surface area contributed by atoms with Crippen LogP contribution in [0.5, 0.6) is 0 Å².